The van der Waals surface area contributed by atoms with Gasteiger partial charge in [-0.1, -0.05) is 13.3 Å². The molecule has 2 N–H and O–H groups in total. The van der Waals surface area contributed by atoms with Gasteiger partial charge in [0.25, 0.3) is 0 Å². The number of nitrogens with zero attached hydrogens (tertiary/aromatic N) is 1. The Morgan fingerprint density at radius 1 is 1.53 bits per heavy atom. The van der Waals surface area contributed by atoms with Gasteiger partial charge in [-0.3, -0.25) is 4.79 Å². The van der Waals surface area contributed by atoms with E-state index in [0.717, 1.165) is 13.1 Å². The van der Waals surface area contributed by atoms with Gasteiger partial charge >= 0.3 is 5.97 Å². The summed E-state index contributed by atoms with van der Waals surface area (Å²) in [5, 5.41) is 11.9. The molecule has 0 amide bonds. The molecular weight excluding hydrogens is 192 g/mol. The zero-order chi connectivity index (χ0) is 11.3. The number of carbonyl (C=O) groups is 1. The van der Waals surface area contributed by atoms with Crippen molar-refractivity contribution in [1.82, 2.24) is 10.2 Å². The lowest BCUT2D eigenvalue weighted by Crippen LogP contribution is -2.48. The molecular formula is C11H22N2O2. The van der Waals surface area contributed by atoms with Crippen molar-refractivity contribution in [2.75, 3.05) is 26.7 Å². The van der Waals surface area contributed by atoms with Crippen LogP contribution in [-0.4, -0.2) is 48.7 Å². The van der Waals surface area contributed by atoms with Crippen LogP contribution in [0.2, 0.25) is 0 Å². The number of hydrogen-bond donors (Lipinski definition) is 2. The quantitative estimate of drug-likeness (QED) is 0.710. The zero-order valence-corrected chi connectivity index (χ0v) is 9.70. The average molecular weight is 214 g/mol. The van der Waals surface area contributed by atoms with Crippen molar-refractivity contribution in [1.29, 1.82) is 0 Å². The molecule has 0 saturated carbocycles. The van der Waals surface area contributed by atoms with E-state index < -0.39 is 5.97 Å². The van der Waals surface area contributed by atoms with E-state index in [0.29, 0.717) is 18.5 Å². The molecule has 0 bridgehead atoms. The molecule has 0 aliphatic carbocycles. The molecule has 1 aliphatic heterocycles. The Hall–Kier alpha value is -0.610. The van der Waals surface area contributed by atoms with Crippen molar-refractivity contribution < 1.29 is 9.90 Å². The predicted molar refractivity (Wildman–Crippen MR) is 59.9 cm³/mol. The van der Waals surface area contributed by atoms with Crippen molar-refractivity contribution in [3.63, 3.8) is 0 Å². The first-order chi connectivity index (χ1) is 7.15. The van der Waals surface area contributed by atoms with Gasteiger partial charge in [-0.25, -0.2) is 0 Å². The molecule has 1 fully saturated rings. The van der Waals surface area contributed by atoms with Gasteiger partial charge in [-0.2, -0.15) is 0 Å². The number of aliphatic carboxylic acids is 1. The predicted octanol–water partition coefficient (Wildman–Crippen LogP) is 0.781. The number of hydrogen-bond acceptors (Lipinski definition) is 3. The summed E-state index contributed by atoms with van der Waals surface area (Å²) >= 11 is 0. The van der Waals surface area contributed by atoms with Gasteiger partial charge in [-0.05, 0) is 19.4 Å². The Kier molecular flexibility index (Phi) is 5.05. The van der Waals surface area contributed by atoms with Crippen molar-refractivity contribution in [2.45, 2.75) is 32.2 Å². The highest BCUT2D eigenvalue weighted by Crippen LogP contribution is 2.19. The summed E-state index contributed by atoms with van der Waals surface area (Å²) in [6.07, 6.45) is 2.66. The minimum absolute atomic E-state index is 0.257. The molecule has 88 valence electrons. The van der Waals surface area contributed by atoms with Crippen molar-refractivity contribution in [3.05, 3.63) is 0 Å². The third-order valence-electron chi connectivity index (χ3n) is 3.24. The molecule has 4 nitrogen and oxygen atoms in total. The van der Waals surface area contributed by atoms with Crippen molar-refractivity contribution in [2.24, 2.45) is 5.92 Å². The molecule has 1 saturated heterocycles. The summed E-state index contributed by atoms with van der Waals surface area (Å²) in [4.78, 5) is 12.8. The first-order valence-electron chi connectivity index (χ1n) is 5.77. The monoisotopic (exact) mass is 214 g/mol. The normalized spacial score (nSPS) is 27.9. The van der Waals surface area contributed by atoms with Crippen LogP contribution in [0, 0.1) is 5.92 Å². The van der Waals surface area contributed by atoms with Gasteiger partial charge in [0.05, 0.1) is 6.42 Å². The Morgan fingerprint density at radius 3 is 2.80 bits per heavy atom. The molecule has 0 spiro atoms. The number of likely N-dealkylation sites (N-methyl/N-ethyl adjacent to an activating group) is 1. The fourth-order valence-electron chi connectivity index (χ4n) is 2.24. The smallest absolute Gasteiger partial charge is 0.304 e. The summed E-state index contributed by atoms with van der Waals surface area (Å²) < 4.78 is 0. The molecule has 15 heavy (non-hydrogen) atoms. The lowest BCUT2D eigenvalue weighted by atomic mass is 9.92. The second kappa shape index (κ2) is 6.08. The van der Waals surface area contributed by atoms with Crippen LogP contribution in [0.25, 0.3) is 0 Å². The average Bonchev–Trinajstić information content (AvgIpc) is 2.25. The maximum Gasteiger partial charge on any atom is 0.304 e. The molecule has 1 aliphatic rings. The number of carboxylic acids is 1. The molecule has 1 heterocycles. The maximum absolute atomic E-state index is 10.5. The molecule has 0 aromatic rings. The second-order valence-corrected chi connectivity index (χ2v) is 4.40. The van der Waals surface area contributed by atoms with E-state index in [1.165, 1.54) is 12.8 Å². The lowest BCUT2D eigenvalue weighted by Gasteiger charge is -2.37. The van der Waals surface area contributed by atoms with E-state index in [9.17, 15) is 4.79 Å². The van der Waals surface area contributed by atoms with Crippen LogP contribution < -0.4 is 5.32 Å². The van der Waals surface area contributed by atoms with Crippen LogP contribution in [-0.2, 0) is 4.79 Å². The van der Waals surface area contributed by atoms with Crippen LogP contribution in [0.4, 0.5) is 0 Å². The topological polar surface area (TPSA) is 52.6 Å². The first-order valence-corrected chi connectivity index (χ1v) is 5.77. The van der Waals surface area contributed by atoms with E-state index in [1.54, 1.807) is 0 Å². The highest BCUT2D eigenvalue weighted by Gasteiger charge is 2.25. The second-order valence-electron chi connectivity index (χ2n) is 4.40. The Balaban J connectivity index is 2.39. The minimum atomic E-state index is -0.699. The third kappa shape index (κ3) is 4.18. The standard InChI is InChI=1S/C11H22N2O2/c1-3-9-6-10(12-2)8-13(7-9)5-4-11(14)15/h9-10,12H,3-8H2,1-2H3,(H,14,15). The van der Waals surface area contributed by atoms with Gasteiger partial charge in [0.2, 0.25) is 0 Å². The molecule has 2 atom stereocenters. The fraction of sp³-hybridized carbons (Fsp3) is 0.909. The fourth-order valence-corrected chi connectivity index (χ4v) is 2.24. The molecule has 4 heteroatoms. The van der Waals surface area contributed by atoms with Crippen LogP contribution in [0.1, 0.15) is 26.2 Å². The number of likely N-dealkylation sites (tertiary alicyclic amines) is 1. The van der Waals surface area contributed by atoms with E-state index >= 15 is 0 Å². The van der Waals surface area contributed by atoms with E-state index in [1.807, 2.05) is 7.05 Å². The number of rotatable bonds is 5. The van der Waals surface area contributed by atoms with Crippen LogP contribution >= 0.6 is 0 Å². The van der Waals surface area contributed by atoms with Gasteiger partial charge in [-0.15, -0.1) is 0 Å². The Bertz CT molecular complexity index is 197. The molecule has 2 unspecified atom stereocenters. The highest BCUT2D eigenvalue weighted by molar-refractivity contribution is 5.66. The van der Waals surface area contributed by atoms with E-state index in [-0.39, 0.29) is 6.42 Å². The van der Waals surface area contributed by atoms with Crippen LogP contribution in [0.5, 0.6) is 0 Å². The van der Waals surface area contributed by atoms with Crippen molar-refractivity contribution in [3.8, 4) is 0 Å². The SMILES string of the molecule is CCC1CC(NC)CN(CCC(=O)O)C1. The van der Waals surface area contributed by atoms with Crippen molar-refractivity contribution >= 4 is 5.97 Å². The Morgan fingerprint density at radius 2 is 2.27 bits per heavy atom. The third-order valence-corrected chi connectivity index (χ3v) is 3.24. The maximum atomic E-state index is 10.5. The first kappa shape index (κ1) is 12.5. The van der Waals surface area contributed by atoms with Gasteiger partial charge in [0.15, 0.2) is 0 Å². The summed E-state index contributed by atoms with van der Waals surface area (Å²) in [6, 6.07) is 0.525. The summed E-state index contributed by atoms with van der Waals surface area (Å²) in [6.45, 7) is 4.93. The van der Waals surface area contributed by atoms with Crippen LogP contribution in [0.3, 0.4) is 0 Å². The van der Waals surface area contributed by atoms with Crippen LogP contribution in [0.15, 0.2) is 0 Å². The summed E-state index contributed by atoms with van der Waals surface area (Å²) in [5.74, 6) is 0.0135. The summed E-state index contributed by atoms with van der Waals surface area (Å²) in [7, 11) is 1.98. The van der Waals surface area contributed by atoms with Gasteiger partial charge in [0, 0.05) is 25.7 Å². The van der Waals surface area contributed by atoms with E-state index in [2.05, 4.69) is 17.1 Å². The molecule has 0 aromatic carbocycles. The molecule has 1 rings (SSSR count). The van der Waals surface area contributed by atoms with Gasteiger partial charge in [0.1, 0.15) is 0 Å². The molecule has 0 radical (unpaired) electrons. The largest absolute Gasteiger partial charge is 0.481 e. The van der Waals surface area contributed by atoms with Gasteiger partial charge < -0.3 is 15.3 Å². The Labute approximate surface area is 91.6 Å². The number of carboxylic acid groups (broad SMARTS) is 1. The van der Waals surface area contributed by atoms with E-state index in [4.69, 9.17) is 5.11 Å². The highest BCUT2D eigenvalue weighted by atomic mass is 16.4. The number of nitrogens with one attached hydrogen (secondary N) is 1. The zero-order valence-electron chi connectivity index (χ0n) is 9.70. The minimum Gasteiger partial charge on any atom is -0.481 e. The summed E-state index contributed by atoms with van der Waals surface area (Å²) in [5.41, 5.74) is 0. The number of piperidine rings is 1. The molecule has 0 aromatic heterocycles. The lowest BCUT2D eigenvalue weighted by molar-refractivity contribution is -0.137.